The predicted molar refractivity (Wildman–Crippen MR) is 105 cm³/mol. The van der Waals surface area contributed by atoms with Gasteiger partial charge in [-0.25, -0.2) is 8.42 Å². The molecule has 0 saturated carbocycles. The lowest BCUT2D eigenvalue weighted by atomic mass is 10.2. The molecule has 0 heterocycles. The largest absolute Gasteiger partial charge is 0.271 e. The number of amides is 2. The van der Waals surface area contributed by atoms with Gasteiger partial charge in [0.1, 0.15) is 0 Å². The summed E-state index contributed by atoms with van der Waals surface area (Å²) in [6.45, 7) is 0. The molecular weight excluding hydrogens is 382 g/mol. The van der Waals surface area contributed by atoms with Crippen molar-refractivity contribution >= 4 is 31.7 Å². The topological polar surface area (TPSA) is 71.5 Å². The van der Waals surface area contributed by atoms with Crippen molar-refractivity contribution in [2.24, 2.45) is 0 Å². The van der Waals surface area contributed by atoms with Gasteiger partial charge in [0.15, 0.2) is 0 Å². The van der Waals surface area contributed by atoms with Crippen LogP contribution in [0.2, 0.25) is 0 Å². The van der Waals surface area contributed by atoms with Gasteiger partial charge in [0.2, 0.25) is 8.87 Å². The SMILES string of the molecule is O=C(c1ccccc1)N(SS(=O)(=O)c1ccccc1)C(=O)c1ccccc1. The Morgan fingerprint density at radius 3 is 1.41 bits per heavy atom. The van der Waals surface area contributed by atoms with Gasteiger partial charge in [0, 0.05) is 11.1 Å². The Hall–Kier alpha value is -2.90. The summed E-state index contributed by atoms with van der Waals surface area (Å²) in [4.78, 5) is 25.8. The molecule has 27 heavy (non-hydrogen) atoms. The zero-order valence-electron chi connectivity index (χ0n) is 14.1. The van der Waals surface area contributed by atoms with Crippen LogP contribution in [0.25, 0.3) is 0 Å². The van der Waals surface area contributed by atoms with Crippen LogP contribution in [0.15, 0.2) is 95.9 Å². The monoisotopic (exact) mass is 397 g/mol. The summed E-state index contributed by atoms with van der Waals surface area (Å²) in [5.74, 6) is -1.40. The number of carbonyl (C=O) groups excluding carboxylic acids is 2. The number of hydrogen-bond donors (Lipinski definition) is 0. The molecule has 3 rings (SSSR count). The third-order valence-corrected chi connectivity index (χ3v) is 6.75. The van der Waals surface area contributed by atoms with Crippen LogP contribution in [0.3, 0.4) is 0 Å². The minimum absolute atomic E-state index is 0.0155. The van der Waals surface area contributed by atoms with Gasteiger partial charge in [0.25, 0.3) is 11.8 Å². The Kier molecular flexibility index (Phi) is 5.73. The number of rotatable bonds is 5. The molecule has 0 aliphatic carbocycles. The van der Waals surface area contributed by atoms with E-state index >= 15 is 0 Å². The maximum Gasteiger partial charge on any atom is 0.271 e. The van der Waals surface area contributed by atoms with Crippen molar-refractivity contribution in [2.45, 2.75) is 4.90 Å². The summed E-state index contributed by atoms with van der Waals surface area (Å²) < 4.78 is 26.1. The Morgan fingerprint density at radius 2 is 1.00 bits per heavy atom. The van der Waals surface area contributed by atoms with E-state index in [2.05, 4.69) is 0 Å². The molecular formula is C20H15NO4S2. The van der Waals surface area contributed by atoms with E-state index in [1.807, 2.05) is 0 Å². The van der Waals surface area contributed by atoms with Crippen molar-refractivity contribution < 1.29 is 18.0 Å². The lowest BCUT2D eigenvalue weighted by molar-refractivity contribution is 0.0744. The summed E-state index contributed by atoms with van der Waals surface area (Å²) in [6.07, 6.45) is 0. The zero-order chi connectivity index (χ0) is 19.3. The van der Waals surface area contributed by atoms with E-state index in [4.69, 9.17) is 0 Å². The number of imide groups is 1. The third kappa shape index (κ3) is 4.45. The molecule has 0 atom stereocenters. The van der Waals surface area contributed by atoms with E-state index in [0.717, 1.165) is 0 Å². The predicted octanol–water partition coefficient (Wildman–Crippen LogP) is 4.01. The van der Waals surface area contributed by atoms with Gasteiger partial charge in [0.05, 0.1) is 15.9 Å². The summed E-state index contributed by atoms with van der Waals surface area (Å²) in [6, 6.07) is 23.9. The molecule has 0 unspecified atom stereocenters. The maximum absolute atomic E-state index is 12.9. The molecule has 5 nitrogen and oxygen atoms in total. The van der Waals surface area contributed by atoms with Crippen molar-refractivity contribution in [3.63, 3.8) is 0 Å². The molecule has 0 radical (unpaired) electrons. The summed E-state index contributed by atoms with van der Waals surface area (Å²) in [5.41, 5.74) is 0.440. The molecule has 0 aromatic heterocycles. The van der Waals surface area contributed by atoms with Crippen LogP contribution in [0.4, 0.5) is 0 Å². The molecule has 0 spiro atoms. The fraction of sp³-hybridized carbons (Fsp3) is 0. The Balaban J connectivity index is 2.00. The van der Waals surface area contributed by atoms with Gasteiger partial charge in [-0.1, -0.05) is 54.6 Å². The lowest BCUT2D eigenvalue weighted by Crippen LogP contribution is -2.32. The third-order valence-electron chi connectivity index (χ3n) is 3.61. The fourth-order valence-electron chi connectivity index (χ4n) is 2.28. The van der Waals surface area contributed by atoms with Crippen molar-refractivity contribution in [1.82, 2.24) is 4.31 Å². The molecule has 136 valence electrons. The Bertz CT molecular complexity index is 986. The van der Waals surface area contributed by atoms with Gasteiger partial charge < -0.3 is 0 Å². The molecule has 0 fully saturated rings. The first kappa shape index (κ1) is 18.9. The van der Waals surface area contributed by atoms with E-state index in [9.17, 15) is 18.0 Å². The van der Waals surface area contributed by atoms with Crippen LogP contribution >= 0.6 is 11.0 Å². The van der Waals surface area contributed by atoms with Crippen LogP contribution in [0, 0.1) is 0 Å². The van der Waals surface area contributed by atoms with Crippen LogP contribution in [0.5, 0.6) is 0 Å². The van der Waals surface area contributed by atoms with Gasteiger partial charge in [-0.2, -0.15) is 4.31 Å². The van der Waals surface area contributed by atoms with Crippen LogP contribution in [-0.4, -0.2) is 24.5 Å². The minimum Gasteiger partial charge on any atom is -0.268 e. The van der Waals surface area contributed by atoms with E-state index in [0.29, 0.717) is 4.31 Å². The molecule has 0 aliphatic heterocycles. The Morgan fingerprint density at radius 1 is 0.630 bits per heavy atom. The van der Waals surface area contributed by atoms with Crippen molar-refractivity contribution in [3.05, 3.63) is 102 Å². The summed E-state index contributed by atoms with van der Waals surface area (Å²) in [7, 11) is -3.75. The number of nitrogens with zero attached hydrogens (tertiary/aromatic N) is 1. The highest BCUT2D eigenvalue weighted by atomic mass is 33.1. The normalized spacial score (nSPS) is 11.0. The lowest BCUT2D eigenvalue weighted by Gasteiger charge is -2.19. The van der Waals surface area contributed by atoms with Crippen molar-refractivity contribution in [2.75, 3.05) is 0 Å². The van der Waals surface area contributed by atoms with Gasteiger partial charge >= 0.3 is 0 Å². The minimum atomic E-state index is -3.96. The first-order valence-corrected chi connectivity index (χ1v) is 10.7. The highest BCUT2D eigenvalue weighted by Crippen LogP contribution is 2.29. The first-order valence-electron chi connectivity index (χ1n) is 7.97. The number of benzene rings is 3. The van der Waals surface area contributed by atoms with E-state index in [1.54, 1.807) is 54.6 Å². The molecule has 2 amide bonds. The second kappa shape index (κ2) is 8.20. The smallest absolute Gasteiger partial charge is 0.268 e. The van der Waals surface area contributed by atoms with Crippen molar-refractivity contribution in [1.29, 1.82) is 0 Å². The second-order valence-corrected chi connectivity index (χ2v) is 9.14. The zero-order valence-corrected chi connectivity index (χ0v) is 15.7. The van der Waals surface area contributed by atoms with E-state index in [-0.39, 0.29) is 27.0 Å². The molecule has 3 aromatic rings. The average Bonchev–Trinajstić information content (AvgIpc) is 2.73. The van der Waals surface area contributed by atoms with Gasteiger partial charge in [-0.3, -0.25) is 9.59 Å². The van der Waals surface area contributed by atoms with E-state index < -0.39 is 20.7 Å². The molecule has 3 aromatic carbocycles. The standard InChI is InChI=1S/C20H15NO4S2/c22-19(16-10-4-1-5-11-16)21(20(23)17-12-6-2-7-13-17)26-27(24,25)18-14-8-3-9-15-18/h1-15H. The fourth-order valence-corrected chi connectivity index (χ4v) is 4.99. The average molecular weight is 397 g/mol. The van der Waals surface area contributed by atoms with E-state index in [1.165, 1.54) is 36.4 Å². The molecule has 0 aliphatic rings. The Labute approximate surface area is 161 Å². The number of hydrogen-bond acceptors (Lipinski definition) is 5. The van der Waals surface area contributed by atoms with Crippen molar-refractivity contribution in [3.8, 4) is 0 Å². The molecule has 0 bridgehead atoms. The van der Waals surface area contributed by atoms with Gasteiger partial charge in [-0.05, 0) is 36.4 Å². The summed E-state index contributed by atoms with van der Waals surface area (Å²) in [5, 5.41) is 0. The van der Waals surface area contributed by atoms with Crippen LogP contribution < -0.4 is 0 Å². The van der Waals surface area contributed by atoms with Crippen LogP contribution in [-0.2, 0) is 8.87 Å². The number of carbonyl (C=O) groups is 2. The second-order valence-electron chi connectivity index (χ2n) is 5.48. The highest BCUT2D eigenvalue weighted by Gasteiger charge is 2.31. The van der Waals surface area contributed by atoms with Gasteiger partial charge in [-0.15, -0.1) is 0 Å². The highest BCUT2D eigenvalue weighted by molar-refractivity contribution is 8.71. The summed E-state index contributed by atoms with van der Waals surface area (Å²) >= 11 is 0. The molecule has 0 saturated heterocycles. The molecule has 0 N–H and O–H groups in total. The first-order chi connectivity index (χ1) is 13.0. The maximum atomic E-state index is 12.9. The van der Waals surface area contributed by atoms with Crippen LogP contribution in [0.1, 0.15) is 20.7 Å². The molecule has 7 heteroatoms. The quantitative estimate of drug-likeness (QED) is 0.370.